The molecule has 30 heavy (non-hydrogen) atoms. The zero-order valence-electron chi connectivity index (χ0n) is 17.6. The molecule has 7 nitrogen and oxygen atoms in total. The lowest BCUT2D eigenvalue weighted by atomic mass is 9.86. The van der Waals surface area contributed by atoms with E-state index in [0.29, 0.717) is 24.7 Å². The number of nitrogens with zero attached hydrogens (tertiary/aromatic N) is 5. The van der Waals surface area contributed by atoms with E-state index in [1.165, 1.54) is 0 Å². The largest absolute Gasteiger partial charge is 0.360 e. The van der Waals surface area contributed by atoms with E-state index in [2.05, 4.69) is 29.4 Å². The van der Waals surface area contributed by atoms with Crippen LogP contribution in [0.2, 0.25) is 0 Å². The van der Waals surface area contributed by atoms with Crippen molar-refractivity contribution in [2.24, 2.45) is 0 Å². The number of hydrogen-bond acceptors (Lipinski definition) is 7. The summed E-state index contributed by atoms with van der Waals surface area (Å²) in [4.78, 5) is 9.69. The van der Waals surface area contributed by atoms with E-state index in [4.69, 9.17) is 14.5 Å². The van der Waals surface area contributed by atoms with E-state index in [1.54, 1.807) is 11.8 Å². The van der Waals surface area contributed by atoms with Gasteiger partial charge >= 0.3 is 0 Å². The molecule has 0 radical (unpaired) electrons. The highest BCUT2D eigenvalue weighted by molar-refractivity contribution is 7.98. The highest BCUT2D eigenvalue weighted by Gasteiger charge is 2.32. The Morgan fingerprint density at radius 2 is 2.30 bits per heavy atom. The van der Waals surface area contributed by atoms with E-state index < -0.39 is 6.17 Å². The summed E-state index contributed by atoms with van der Waals surface area (Å²) in [6, 6.07) is 0.0146. The standard InChI is InChI=1S/C21H27FN6OS.H2/c1-4-12-6-5-7-14-17(27-29-18(12)14)19-25-20-15(21(26-19)30-3)10-24-28(20)11(2)16-8-13(22)9-23-16;/h10-13,16,23H,4-9H2,1-3H3;1H/t11-,12+,13+,16-;/m0./s1. The first-order chi connectivity index (χ1) is 14.6. The van der Waals surface area contributed by atoms with Gasteiger partial charge in [-0.3, -0.25) is 0 Å². The van der Waals surface area contributed by atoms with E-state index in [0.717, 1.165) is 58.8 Å². The maximum Gasteiger partial charge on any atom is 0.185 e. The van der Waals surface area contributed by atoms with Crippen molar-refractivity contribution in [1.82, 2.24) is 30.2 Å². The first-order valence-electron chi connectivity index (χ1n) is 10.8. The van der Waals surface area contributed by atoms with Crippen LogP contribution in [-0.4, -0.2) is 49.9 Å². The van der Waals surface area contributed by atoms with Gasteiger partial charge in [0.1, 0.15) is 17.0 Å². The number of fused-ring (bicyclic) bond motifs is 2. The Hall–Kier alpha value is -2.00. The number of halogens is 1. The molecule has 0 unspecified atom stereocenters. The molecule has 1 fully saturated rings. The zero-order valence-corrected chi connectivity index (χ0v) is 18.4. The highest BCUT2D eigenvalue weighted by atomic mass is 32.2. The summed E-state index contributed by atoms with van der Waals surface area (Å²) in [5.41, 5.74) is 2.67. The Bertz CT molecular complexity index is 1070. The third-order valence-corrected chi connectivity index (χ3v) is 7.26. The number of hydrogen-bond donors (Lipinski definition) is 1. The molecule has 5 rings (SSSR count). The molecule has 162 valence electrons. The van der Waals surface area contributed by atoms with Crippen LogP contribution in [0.15, 0.2) is 15.7 Å². The minimum Gasteiger partial charge on any atom is -0.360 e. The SMILES string of the molecule is CC[C@@H]1CCCc2c(-c3nc(SC)c4cnn([C@@H](C)[C@@H]5C[C@@H](F)CN5)c4n3)noc21.[HH]. The van der Waals surface area contributed by atoms with E-state index in [1.807, 2.05) is 17.1 Å². The van der Waals surface area contributed by atoms with E-state index in [-0.39, 0.29) is 13.5 Å². The average Bonchev–Trinajstić information content (AvgIpc) is 3.49. The van der Waals surface area contributed by atoms with Crippen molar-refractivity contribution < 1.29 is 10.3 Å². The molecule has 4 heterocycles. The summed E-state index contributed by atoms with van der Waals surface area (Å²) in [6.45, 7) is 4.65. The summed E-state index contributed by atoms with van der Waals surface area (Å²) >= 11 is 1.57. The molecule has 1 aliphatic heterocycles. The van der Waals surface area contributed by atoms with Gasteiger partial charge in [-0.2, -0.15) is 5.10 Å². The molecule has 9 heteroatoms. The lowest BCUT2D eigenvalue weighted by Gasteiger charge is -2.20. The molecule has 0 aromatic carbocycles. The molecular formula is C21H29FN6OS. The second-order valence-electron chi connectivity index (χ2n) is 8.34. The Kier molecular flexibility index (Phi) is 5.26. The number of aromatic nitrogens is 5. The lowest BCUT2D eigenvalue weighted by molar-refractivity contribution is 0.332. The van der Waals surface area contributed by atoms with Crippen molar-refractivity contribution in [2.75, 3.05) is 12.8 Å². The van der Waals surface area contributed by atoms with E-state index >= 15 is 0 Å². The maximum absolute atomic E-state index is 13.7. The van der Waals surface area contributed by atoms with Gasteiger partial charge in [0.25, 0.3) is 0 Å². The Morgan fingerprint density at radius 1 is 1.43 bits per heavy atom. The predicted molar refractivity (Wildman–Crippen MR) is 117 cm³/mol. The third-order valence-electron chi connectivity index (χ3n) is 6.56. The predicted octanol–water partition coefficient (Wildman–Crippen LogP) is 4.54. The molecule has 3 aromatic heterocycles. The second kappa shape index (κ2) is 7.92. The number of nitrogens with one attached hydrogen (secondary N) is 1. The fourth-order valence-corrected chi connectivity index (χ4v) is 5.37. The van der Waals surface area contributed by atoms with Crippen LogP contribution in [0.5, 0.6) is 0 Å². The normalized spacial score (nSPS) is 25.0. The van der Waals surface area contributed by atoms with Crippen LogP contribution in [0.4, 0.5) is 4.39 Å². The van der Waals surface area contributed by atoms with Gasteiger partial charge in [0.2, 0.25) is 0 Å². The molecule has 0 saturated carbocycles. The van der Waals surface area contributed by atoms with E-state index in [9.17, 15) is 4.39 Å². The van der Waals surface area contributed by atoms with Crippen molar-refractivity contribution >= 4 is 22.8 Å². The smallest absolute Gasteiger partial charge is 0.185 e. The monoisotopic (exact) mass is 432 g/mol. The quantitative estimate of drug-likeness (QED) is 0.468. The van der Waals surface area contributed by atoms with Crippen molar-refractivity contribution in [1.29, 1.82) is 0 Å². The van der Waals surface area contributed by atoms with Crippen LogP contribution < -0.4 is 5.32 Å². The van der Waals surface area contributed by atoms with Crippen LogP contribution in [0.25, 0.3) is 22.6 Å². The van der Waals surface area contributed by atoms with Gasteiger partial charge in [-0.15, -0.1) is 11.8 Å². The topological polar surface area (TPSA) is 81.7 Å². The summed E-state index contributed by atoms with van der Waals surface area (Å²) in [5, 5.41) is 14.1. The number of alkyl halides is 1. The molecule has 1 saturated heterocycles. The number of rotatable bonds is 5. The molecule has 2 aliphatic rings. The Balaban J connectivity index is 0.00000231. The molecule has 4 atom stereocenters. The van der Waals surface area contributed by atoms with Gasteiger partial charge in [-0.25, -0.2) is 19.0 Å². The molecule has 0 spiro atoms. The highest BCUT2D eigenvalue weighted by Crippen LogP contribution is 2.39. The molecule has 1 N–H and O–H groups in total. The number of thioether (sulfide) groups is 1. The molecular weight excluding hydrogens is 403 g/mol. The minimum atomic E-state index is -0.806. The average molecular weight is 433 g/mol. The van der Waals surface area contributed by atoms with Crippen LogP contribution in [0.1, 0.15) is 64.2 Å². The first-order valence-corrected chi connectivity index (χ1v) is 12.0. The van der Waals surface area contributed by atoms with Gasteiger partial charge in [-0.1, -0.05) is 12.1 Å². The molecule has 0 bridgehead atoms. The molecule has 0 amide bonds. The van der Waals surface area contributed by atoms with Crippen LogP contribution >= 0.6 is 11.8 Å². The van der Waals surface area contributed by atoms with Gasteiger partial charge in [0.05, 0.1) is 17.6 Å². The molecule has 3 aromatic rings. The Labute approximate surface area is 180 Å². The van der Waals surface area contributed by atoms with Gasteiger partial charge in [0.15, 0.2) is 17.2 Å². The summed E-state index contributed by atoms with van der Waals surface area (Å²) in [5.74, 6) is 2.01. The summed E-state index contributed by atoms with van der Waals surface area (Å²) in [6.07, 6.45) is 7.77. The van der Waals surface area contributed by atoms with Crippen molar-refractivity contribution in [3.63, 3.8) is 0 Å². The fraction of sp³-hybridized carbons (Fsp3) is 0.619. The lowest BCUT2D eigenvalue weighted by Crippen LogP contribution is -2.31. The zero-order chi connectivity index (χ0) is 20.8. The second-order valence-corrected chi connectivity index (χ2v) is 9.14. The van der Waals surface area contributed by atoms with Crippen LogP contribution in [-0.2, 0) is 6.42 Å². The Morgan fingerprint density at radius 3 is 3.03 bits per heavy atom. The van der Waals surface area contributed by atoms with Crippen molar-refractivity contribution in [3.8, 4) is 11.5 Å². The first kappa shape index (κ1) is 19.9. The van der Waals surface area contributed by atoms with Crippen molar-refractivity contribution in [2.45, 2.75) is 75.2 Å². The van der Waals surface area contributed by atoms with Crippen LogP contribution in [0, 0.1) is 0 Å². The maximum atomic E-state index is 13.7. The minimum absolute atomic E-state index is 0. The van der Waals surface area contributed by atoms with Gasteiger partial charge in [0, 0.05) is 25.5 Å². The summed E-state index contributed by atoms with van der Waals surface area (Å²) in [7, 11) is 0. The van der Waals surface area contributed by atoms with Gasteiger partial charge in [-0.05, 0) is 45.3 Å². The summed E-state index contributed by atoms with van der Waals surface area (Å²) < 4.78 is 21.4. The molecule has 1 aliphatic carbocycles. The van der Waals surface area contributed by atoms with Gasteiger partial charge < -0.3 is 9.84 Å². The fourth-order valence-electron chi connectivity index (χ4n) is 4.82. The van der Waals surface area contributed by atoms with Crippen LogP contribution in [0.3, 0.4) is 0 Å². The third kappa shape index (κ3) is 3.22. The van der Waals surface area contributed by atoms with Crippen molar-refractivity contribution in [3.05, 3.63) is 17.5 Å².